The molecule has 0 aliphatic rings. The number of H-pyrrole nitrogens is 1. The number of carbonyl (C=O) groups is 1. The van der Waals surface area contributed by atoms with Crippen LogP contribution in [0.1, 0.15) is 15.9 Å². The Balaban J connectivity index is 2.03. The second-order valence-corrected chi connectivity index (χ2v) is 6.65. The lowest BCUT2D eigenvalue weighted by Crippen LogP contribution is -2.32. The zero-order valence-electron chi connectivity index (χ0n) is 16.7. The lowest BCUT2D eigenvalue weighted by atomic mass is 10.1. The van der Waals surface area contributed by atoms with E-state index in [1.807, 2.05) is 43.3 Å². The standard InChI is InChI=1S/C22H21N3O5/c1-24(2)15-11-8-14(9-12-15)10-13-17(26)19-20(27)23-22(29)25(21(19)28)16-6-4-5-7-18(16)30-3/h4-13,28H,1-3H3,(H,23,27,29)/b13-10+. The van der Waals surface area contributed by atoms with Gasteiger partial charge in [-0.05, 0) is 35.9 Å². The summed E-state index contributed by atoms with van der Waals surface area (Å²) >= 11 is 0. The molecule has 3 rings (SSSR count). The van der Waals surface area contributed by atoms with Gasteiger partial charge in [-0.25, -0.2) is 9.36 Å². The molecular formula is C22H21N3O5. The van der Waals surface area contributed by atoms with Gasteiger partial charge in [-0.2, -0.15) is 0 Å². The Morgan fingerprint density at radius 2 is 1.77 bits per heavy atom. The van der Waals surface area contributed by atoms with Gasteiger partial charge in [-0.3, -0.25) is 14.6 Å². The molecule has 0 spiro atoms. The minimum Gasteiger partial charge on any atom is -0.495 e. The number of nitrogens with zero attached hydrogens (tertiary/aromatic N) is 2. The predicted molar refractivity (Wildman–Crippen MR) is 115 cm³/mol. The van der Waals surface area contributed by atoms with Crippen molar-refractivity contribution in [2.24, 2.45) is 0 Å². The molecule has 0 atom stereocenters. The summed E-state index contributed by atoms with van der Waals surface area (Å²) in [6.07, 6.45) is 2.70. The molecule has 30 heavy (non-hydrogen) atoms. The molecule has 0 amide bonds. The number of benzene rings is 2. The van der Waals surface area contributed by atoms with Crippen LogP contribution < -0.4 is 20.9 Å². The van der Waals surface area contributed by atoms with Gasteiger partial charge in [0.1, 0.15) is 11.3 Å². The number of carbonyl (C=O) groups excluding carboxylic acids is 1. The first-order valence-electron chi connectivity index (χ1n) is 9.05. The highest BCUT2D eigenvalue weighted by atomic mass is 16.5. The Morgan fingerprint density at radius 1 is 1.10 bits per heavy atom. The summed E-state index contributed by atoms with van der Waals surface area (Å²) in [6, 6.07) is 13.8. The first kappa shape index (κ1) is 20.7. The zero-order valence-corrected chi connectivity index (χ0v) is 16.7. The number of nitrogens with one attached hydrogen (secondary N) is 1. The topological polar surface area (TPSA) is 105 Å². The molecule has 1 heterocycles. The molecule has 3 aromatic rings. The third-order valence-electron chi connectivity index (χ3n) is 4.50. The second kappa shape index (κ2) is 8.52. The van der Waals surface area contributed by atoms with Crippen molar-refractivity contribution in [1.29, 1.82) is 0 Å². The number of anilines is 1. The number of methoxy groups -OCH3 is 1. The van der Waals surface area contributed by atoms with Gasteiger partial charge in [-0.15, -0.1) is 0 Å². The molecule has 0 radical (unpaired) electrons. The van der Waals surface area contributed by atoms with Crippen LogP contribution in [0.25, 0.3) is 11.8 Å². The number of aromatic hydroxyl groups is 1. The van der Waals surface area contributed by atoms with E-state index in [2.05, 4.69) is 4.98 Å². The summed E-state index contributed by atoms with van der Waals surface area (Å²) in [7, 11) is 5.24. The van der Waals surface area contributed by atoms with Crippen molar-refractivity contribution in [3.8, 4) is 17.3 Å². The largest absolute Gasteiger partial charge is 0.495 e. The maximum atomic E-state index is 12.7. The van der Waals surface area contributed by atoms with Crippen LogP contribution in [0, 0.1) is 0 Å². The van der Waals surface area contributed by atoms with E-state index >= 15 is 0 Å². The molecule has 0 aliphatic carbocycles. The molecule has 8 heteroatoms. The SMILES string of the molecule is COc1ccccc1-n1c(O)c(C(=O)/C=C/c2ccc(N(C)C)cc2)c(=O)[nH]c1=O. The average Bonchev–Trinajstić information content (AvgIpc) is 2.72. The van der Waals surface area contributed by atoms with Gasteiger partial charge in [0, 0.05) is 19.8 Å². The highest BCUT2D eigenvalue weighted by molar-refractivity contribution is 6.08. The average molecular weight is 407 g/mol. The van der Waals surface area contributed by atoms with Crippen molar-refractivity contribution in [2.75, 3.05) is 26.1 Å². The fourth-order valence-electron chi connectivity index (χ4n) is 2.92. The summed E-state index contributed by atoms with van der Waals surface area (Å²) < 4.78 is 6.03. The normalized spacial score (nSPS) is 10.9. The van der Waals surface area contributed by atoms with E-state index < -0.39 is 28.5 Å². The molecule has 0 unspecified atom stereocenters. The zero-order chi connectivity index (χ0) is 21.8. The molecule has 8 nitrogen and oxygen atoms in total. The van der Waals surface area contributed by atoms with Crippen LogP contribution in [0.15, 0.2) is 64.2 Å². The van der Waals surface area contributed by atoms with E-state index in [-0.39, 0.29) is 11.4 Å². The molecule has 0 saturated carbocycles. The molecule has 0 bridgehead atoms. The van der Waals surface area contributed by atoms with Gasteiger partial charge in [0.2, 0.25) is 5.88 Å². The second-order valence-electron chi connectivity index (χ2n) is 6.65. The molecule has 154 valence electrons. The number of aromatic amines is 1. The lowest BCUT2D eigenvalue weighted by molar-refractivity contribution is 0.104. The van der Waals surface area contributed by atoms with Gasteiger partial charge >= 0.3 is 5.69 Å². The Bertz CT molecular complexity index is 1220. The van der Waals surface area contributed by atoms with Gasteiger partial charge in [-0.1, -0.05) is 30.3 Å². The van der Waals surface area contributed by atoms with E-state index in [0.29, 0.717) is 0 Å². The Morgan fingerprint density at radius 3 is 2.40 bits per heavy atom. The first-order valence-corrected chi connectivity index (χ1v) is 9.05. The van der Waals surface area contributed by atoms with Crippen LogP contribution >= 0.6 is 0 Å². The fourth-order valence-corrected chi connectivity index (χ4v) is 2.92. The number of hydrogen-bond acceptors (Lipinski definition) is 6. The summed E-state index contributed by atoms with van der Waals surface area (Å²) in [5.74, 6) is -1.21. The van der Waals surface area contributed by atoms with Crippen LogP contribution in [0.4, 0.5) is 5.69 Å². The van der Waals surface area contributed by atoms with Crippen molar-refractivity contribution in [3.05, 3.63) is 86.6 Å². The van der Waals surface area contributed by atoms with Crippen molar-refractivity contribution in [2.45, 2.75) is 0 Å². The lowest BCUT2D eigenvalue weighted by Gasteiger charge is -2.13. The van der Waals surface area contributed by atoms with Gasteiger partial charge in [0.15, 0.2) is 5.78 Å². The number of ether oxygens (including phenoxy) is 1. The van der Waals surface area contributed by atoms with Crippen molar-refractivity contribution in [3.63, 3.8) is 0 Å². The van der Waals surface area contributed by atoms with Gasteiger partial charge in [0.05, 0.1) is 12.8 Å². The van der Waals surface area contributed by atoms with Crippen molar-refractivity contribution in [1.82, 2.24) is 9.55 Å². The summed E-state index contributed by atoms with van der Waals surface area (Å²) in [5, 5.41) is 10.6. The highest BCUT2D eigenvalue weighted by Gasteiger charge is 2.21. The maximum absolute atomic E-state index is 12.7. The first-order chi connectivity index (χ1) is 14.3. The predicted octanol–water partition coefficient (Wildman–Crippen LogP) is 2.20. The monoisotopic (exact) mass is 407 g/mol. The number of ketones is 1. The van der Waals surface area contributed by atoms with Crippen LogP contribution in [0.5, 0.6) is 11.6 Å². The minimum absolute atomic E-state index is 0.191. The van der Waals surface area contributed by atoms with E-state index in [0.717, 1.165) is 15.8 Å². The summed E-state index contributed by atoms with van der Waals surface area (Å²) in [4.78, 5) is 41.3. The molecule has 2 aromatic carbocycles. The molecule has 0 aliphatic heterocycles. The van der Waals surface area contributed by atoms with Crippen LogP contribution in [-0.2, 0) is 0 Å². The van der Waals surface area contributed by atoms with E-state index in [1.54, 1.807) is 18.2 Å². The minimum atomic E-state index is -0.971. The highest BCUT2D eigenvalue weighted by Crippen LogP contribution is 2.25. The number of allylic oxidation sites excluding steroid dienone is 1. The molecule has 1 aromatic heterocycles. The van der Waals surface area contributed by atoms with Crippen LogP contribution in [0.3, 0.4) is 0 Å². The van der Waals surface area contributed by atoms with Gasteiger partial charge < -0.3 is 14.7 Å². The van der Waals surface area contributed by atoms with Crippen LogP contribution in [0.2, 0.25) is 0 Å². The van der Waals surface area contributed by atoms with Crippen LogP contribution in [-0.4, -0.2) is 41.6 Å². The third kappa shape index (κ3) is 4.02. The number of rotatable bonds is 6. The Labute approximate surface area is 172 Å². The van der Waals surface area contributed by atoms with E-state index in [1.165, 1.54) is 25.3 Å². The Kier molecular flexibility index (Phi) is 5.87. The third-order valence-corrected chi connectivity index (χ3v) is 4.50. The molecule has 0 saturated heterocycles. The summed E-state index contributed by atoms with van der Waals surface area (Å²) in [5.41, 5.74) is -0.472. The number of para-hydroxylation sites is 2. The number of hydrogen-bond donors (Lipinski definition) is 2. The van der Waals surface area contributed by atoms with E-state index in [4.69, 9.17) is 4.74 Å². The fraction of sp³-hybridized carbons (Fsp3) is 0.136. The van der Waals surface area contributed by atoms with Crippen molar-refractivity contribution >= 4 is 17.5 Å². The molecule has 2 N–H and O–H groups in total. The maximum Gasteiger partial charge on any atom is 0.335 e. The Hall–Kier alpha value is -4.07. The molecule has 0 fully saturated rings. The van der Waals surface area contributed by atoms with E-state index in [9.17, 15) is 19.5 Å². The number of aromatic nitrogens is 2. The quantitative estimate of drug-likeness (QED) is 0.480. The van der Waals surface area contributed by atoms with Gasteiger partial charge in [0.25, 0.3) is 5.56 Å². The smallest absolute Gasteiger partial charge is 0.335 e. The molecular weight excluding hydrogens is 386 g/mol. The van der Waals surface area contributed by atoms with Crippen molar-refractivity contribution < 1.29 is 14.6 Å². The summed E-state index contributed by atoms with van der Waals surface area (Å²) in [6.45, 7) is 0.